The number of carbonyl (C=O) groups is 1. The number of pyridine rings is 1. The number of thiazole rings is 1. The van der Waals surface area contributed by atoms with E-state index in [0.717, 1.165) is 10.5 Å². The van der Waals surface area contributed by atoms with Gasteiger partial charge in [0.25, 0.3) is 0 Å². The predicted octanol–water partition coefficient (Wildman–Crippen LogP) is 7.25. The maximum atomic E-state index is 14.9. The number of aromatic nitrogens is 4. The van der Waals surface area contributed by atoms with E-state index in [1.807, 2.05) is 0 Å². The second-order valence-corrected chi connectivity index (χ2v) is 14.8. The lowest BCUT2D eigenvalue weighted by Crippen LogP contribution is -2.50. The van der Waals surface area contributed by atoms with E-state index in [4.69, 9.17) is 11.6 Å². The van der Waals surface area contributed by atoms with Crippen molar-refractivity contribution >= 4 is 44.7 Å². The van der Waals surface area contributed by atoms with Crippen LogP contribution in [0.2, 0.25) is 5.15 Å². The molecular formula is C29H21ClF6N6O2S2. The maximum absolute atomic E-state index is 14.9. The van der Waals surface area contributed by atoms with Gasteiger partial charge in [0.2, 0.25) is 5.78 Å². The van der Waals surface area contributed by atoms with Gasteiger partial charge in [-0.1, -0.05) is 17.2 Å². The summed E-state index contributed by atoms with van der Waals surface area (Å²) in [5.41, 5.74) is 0.741. The van der Waals surface area contributed by atoms with Crippen molar-refractivity contribution in [1.82, 2.24) is 24.1 Å². The zero-order chi connectivity index (χ0) is 32.6. The van der Waals surface area contributed by atoms with Crippen molar-refractivity contribution in [2.45, 2.75) is 48.8 Å². The Bertz CT molecular complexity index is 2020. The van der Waals surface area contributed by atoms with Crippen molar-refractivity contribution in [3.05, 3.63) is 92.7 Å². The summed E-state index contributed by atoms with van der Waals surface area (Å²) in [6, 6.07) is 3.62. The van der Waals surface area contributed by atoms with Gasteiger partial charge < -0.3 is 0 Å². The number of carbonyl (C=O) groups excluding carboxylic acids is 1. The van der Waals surface area contributed by atoms with E-state index in [-0.39, 0.29) is 52.1 Å². The number of nitrogens with zero attached hydrogens (tertiary/aromatic N) is 6. The van der Waals surface area contributed by atoms with Gasteiger partial charge in [-0.3, -0.25) is 4.79 Å². The van der Waals surface area contributed by atoms with Crippen LogP contribution < -0.4 is 0 Å². The van der Waals surface area contributed by atoms with Gasteiger partial charge in [-0.05, 0) is 73.7 Å². The van der Waals surface area contributed by atoms with Crippen LogP contribution in [0.1, 0.15) is 45.2 Å². The summed E-state index contributed by atoms with van der Waals surface area (Å²) in [7, 11) is -3.92. The van der Waals surface area contributed by atoms with Crippen LogP contribution in [0.3, 0.4) is 0 Å². The number of halogens is 7. The highest BCUT2D eigenvalue weighted by atomic mass is 35.5. The molecule has 0 saturated heterocycles. The molecule has 7 rings (SSSR count). The lowest BCUT2D eigenvalue weighted by Gasteiger charge is -2.46. The molecule has 2 aliphatic carbocycles. The Hall–Kier alpha value is -3.60. The van der Waals surface area contributed by atoms with Gasteiger partial charge in [-0.15, -0.1) is 15.7 Å². The van der Waals surface area contributed by atoms with Crippen molar-refractivity contribution in [2.24, 2.45) is 9.78 Å². The third kappa shape index (κ3) is 5.15. The molecule has 4 heterocycles. The fraction of sp³-hybridized carbons (Fsp3) is 0.310. The fourth-order valence-corrected chi connectivity index (χ4v) is 9.59. The first-order valence-corrected chi connectivity index (χ1v) is 16.5. The molecule has 0 bridgehead atoms. The summed E-state index contributed by atoms with van der Waals surface area (Å²) in [4.78, 5) is 20.9. The summed E-state index contributed by atoms with van der Waals surface area (Å²) >= 11 is 6.08. The van der Waals surface area contributed by atoms with E-state index < -0.39 is 56.6 Å². The van der Waals surface area contributed by atoms with Crippen molar-refractivity contribution in [2.75, 3.05) is 6.54 Å². The monoisotopic (exact) mass is 698 g/mol. The topological polar surface area (TPSA) is 93.3 Å². The Labute approximate surface area is 267 Å². The van der Waals surface area contributed by atoms with Gasteiger partial charge in [0.15, 0.2) is 5.01 Å². The van der Waals surface area contributed by atoms with Crippen molar-refractivity contribution in [1.29, 1.82) is 0 Å². The lowest BCUT2D eigenvalue weighted by molar-refractivity contribution is -0.134. The highest BCUT2D eigenvalue weighted by Gasteiger charge is 2.55. The molecule has 3 atom stereocenters. The molecule has 0 radical (unpaired) electrons. The second-order valence-electron chi connectivity index (χ2n) is 11.3. The Morgan fingerprint density at radius 3 is 2.50 bits per heavy atom. The smallest absolute Gasteiger partial charge is 0.290 e. The van der Waals surface area contributed by atoms with E-state index in [0.29, 0.717) is 28.7 Å². The van der Waals surface area contributed by atoms with Gasteiger partial charge in [-0.2, -0.15) is 27.1 Å². The van der Waals surface area contributed by atoms with E-state index in [1.54, 1.807) is 10.8 Å². The Morgan fingerprint density at radius 1 is 1.07 bits per heavy atom. The standard InChI is InChI=1S/C29H21ClF6N6O2S2/c30-24-8-7-21(13-37-24)46(44)40-28(32,33)15-41(46)20-4-1-17-9-22-16(12-39-42(22)19-5-2-18(31)3-6-19)10-27(17,11-20)25(43)26-38-14-23(45-26)29(34,35)36/h2-3,5-9,12-14,20H,1,4,10-11,15H2/t20-,27-,46?/m0/s1. The number of fused-ring (bicyclic) bond motifs is 2. The average Bonchev–Trinajstić information content (AvgIpc) is 3.72. The molecular weight excluding hydrogens is 678 g/mol. The Morgan fingerprint density at radius 2 is 1.83 bits per heavy atom. The SMILES string of the molecule is O=C(c1ncc(C(F)(F)F)s1)[C@]12Cc3cnn(-c4ccc(F)cc4)c3C=C1CC[C@H](N1CC(F)(F)N=S1(=O)c1ccc(Cl)nc1)C2. The number of rotatable bonds is 5. The van der Waals surface area contributed by atoms with Crippen LogP contribution in [0, 0.1) is 11.2 Å². The molecule has 240 valence electrons. The van der Waals surface area contributed by atoms with Crippen molar-refractivity contribution in [3.8, 4) is 5.69 Å². The Kier molecular flexibility index (Phi) is 7.23. The van der Waals surface area contributed by atoms with Crippen LogP contribution in [-0.2, 0) is 22.5 Å². The van der Waals surface area contributed by atoms with Crippen LogP contribution in [0.5, 0.6) is 0 Å². The van der Waals surface area contributed by atoms with Crippen molar-refractivity contribution in [3.63, 3.8) is 0 Å². The first-order chi connectivity index (χ1) is 21.7. The molecule has 3 aromatic heterocycles. The molecule has 0 amide bonds. The van der Waals surface area contributed by atoms with E-state index >= 15 is 0 Å². The van der Waals surface area contributed by atoms with Crippen LogP contribution in [0.4, 0.5) is 26.3 Å². The van der Waals surface area contributed by atoms with Crippen LogP contribution in [-0.4, -0.2) is 52.7 Å². The molecule has 8 nitrogen and oxygen atoms in total. The number of alkyl halides is 5. The first-order valence-electron chi connectivity index (χ1n) is 13.8. The molecule has 46 heavy (non-hydrogen) atoms. The minimum absolute atomic E-state index is 0.0311. The van der Waals surface area contributed by atoms with Gasteiger partial charge in [0.1, 0.15) is 25.8 Å². The number of hydrogen-bond acceptors (Lipinski definition) is 7. The number of benzene rings is 1. The summed E-state index contributed by atoms with van der Waals surface area (Å²) in [6.07, 6.45) is 0.398. The second kappa shape index (κ2) is 10.7. The summed E-state index contributed by atoms with van der Waals surface area (Å²) < 4.78 is 104. The number of ketones is 1. The molecule has 17 heteroatoms. The van der Waals surface area contributed by atoms with Crippen LogP contribution in [0.25, 0.3) is 11.8 Å². The minimum atomic E-state index is -4.72. The molecule has 3 aliphatic rings. The zero-order valence-electron chi connectivity index (χ0n) is 23.3. The van der Waals surface area contributed by atoms with Crippen LogP contribution >= 0.6 is 22.9 Å². The van der Waals surface area contributed by atoms with E-state index in [1.165, 1.54) is 42.6 Å². The van der Waals surface area contributed by atoms with Gasteiger partial charge >= 0.3 is 12.2 Å². The van der Waals surface area contributed by atoms with E-state index in [2.05, 4.69) is 19.4 Å². The first kappa shape index (κ1) is 31.0. The quantitative estimate of drug-likeness (QED) is 0.0948. The molecule has 0 N–H and O–H groups in total. The average molecular weight is 699 g/mol. The summed E-state index contributed by atoms with van der Waals surface area (Å²) in [5.74, 6) is -1.15. The van der Waals surface area contributed by atoms with Gasteiger partial charge in [0.05, 0.1) is 40.6 Å². The van der Waals surface area contributed by atoms with Gasteiger partial charge in [-0.25, -0.2) is 27.6 Å². The third-order valence-corrected chi connectivity index (χ3v) is 12.2. The normalized spacial score (nSPS) is 25.8. The molecule has 4 aromatic rings. The predicted molar refractivity (Wildman–Crippen MR) is 156 cm³/mol. The molecule has 0 spiro atoms. The Balaban J connectivity index is 1.33. The number of hydrogen-bond donors (Lipinski definition) is 0. The van der Waals surface area contributed by atoms with Crippen molar-refractivity contribution < 1.29 is 35.3 Å². The minimum Gasteiger partial charge on any atom is -0.290 e. The summed E-state index contributed by atoms with van der Waals surface area (Å²) in [5, 5.41) is 4.10. The third-order valence-electron chi connectivity index (χ3n) is 8.46. The summed E-state index contributed by atoms with van der Waals surface area (Å²) in [6.45, 7) is -0.994. The highest BCUT2D eigenvalue weighted by Crippen LogP contribution is 2.53. The molecule has 1 fully saturated rings. The van der Waals surface area contributed by atoms with Gasteiger partial charge in [0, 0.05) is 12.2 Å². The maximum Gasteiger partial charge on any atom is 0.427 e. The largest absolute Gasteiger partial charge is 0.427 e. The van der Waals surface area contributed by atoms with E-state index in [9.17, 15) is 35.3 Å². The molecule has 1 aromatic carbocycles. The van der Waals surface area contributed by atoms with Crippen LogP contribution in [0.15, 0.2) is 69.8 Å². The molecule has 1 aliphatic heterocycles. The molecule has 1 saturated carbocycles. The fourth-order valence-electron chi connectivity index (χ4n) is 6.41. The lowest BCUT2D eigenvalue weighted by atomic mass is 9.61. The molecule has 1 unspecified atom stereocenters. The number of allylic oxidation sites excluding steroid dienone is 1. The zero-order valence-corrected chi connectivity index (χ0v) is 25.7. The highest BCUT2D eigenvalue weighted by molar-refractivity contribution is 7.91. The number of Topliss-reactive ketones (excluding diaryl/α,β-unsaturated/α-hetero) is 1.